The number of nitrogen functional groups attached to an aromatic ring is 1. The topological polar surface area (TPSA) is 135 Å². The fourth-order valence-corrected chi connectivity index (χ4v) is 3.32. The van der Waals surface area contributed by atoms with Crippen molar-refractivity contribution >= 4 is 24.6 Å². The number of imidazole rings is 1. The van der Waals surface area contributed by atoms with Crippen LogP contribution in [0.15, 0.2) is 6.33 Å². The summed E-state index contributed by atoms with van der Waals surface area (Å²) in [5.74, 6) is 0.180. The number of rotatable bonds is 10. The van der Waals surface area contributed by atoms with Crippen molar-refractivity contribution in [2.75, 3.05) is 32.2 Å². The number of ether oxygens (including phenoxy) is 2. The number of aromatic nitrogens is 4. The van der Waals surface area contributed by atoms with E-state index in [1.54, 1.807) is 18.6 Å². The van der Waals surface area contributed by atoms with Crippen molar-refractivity contribution in [2.45, 2.75) is 32.9 Å². The molecule has 10 nitrogen and oxygen atoms in total. The first-order valence-electron chi connectivity index (χ1n) is 7.96. The molecule has 0 radical (unpaired) electrons. The van der Waals surface area contributed by atoms with Crippen molar-refractivity contribution in [1.82, 2.24) is 19.5 Å². The largest absolute Gasteiger partial charge is 0.461 e. The molecule has 2 heterocycles. The summed E-state index contributed by atoms with van der Waals surface area (Å²) in [6, 6.07) is 0.104. The Morgan fingerprint density at radius 2 is 2.16 bits per heavy atom. The van der Waals surface area contributed by atoms with Gasteiger partial charge in [-0.05, 0) is 13.3 Å². The van der Waals surface area contributed by atoms with E-state index in [1.165, 1.54) is 6.33 Å². The average Bonchev–Trinajstić information content (AvgIpc) is 2.96. The Kier molecular flexibility index (Phi) is 6.71. The Hall–Kier alpha value is -1.74. The molecule has 0 aromatic carbocycles. The molecule has 2 unspecified atom stereocenters. The van der Waals surface area contributed by atoms with Crippen LogP contribution in [-0.2, 0) is 20.4 Å². The highest BCUT2D eigenvalue weighted by atomic mass is 31.2. The van der Waals surface area contributed by atoms with Crippen LogP contribution < -0.4 is 10.5 Å². The lowest BCUT2D eigenvalue weighted by atomic mass is 10.3. The number of methoxy groups -OCH3 is 1. The van der Waals surface area contributed by atoms with E-state index < -0.39 is 7.60 Å². The van der Waals surface area contributed by atoms with Gasteiger partial charge in [0.1, 0.15) is 6.61 Å². The average molecular weight is 373 g/mol. The van der Waals surface area contributed by atoms with Gasteiger partial charge in [-0.3, -0.25) is 4.57 Å². The molecule has 0 aliphatic rings. The predicted octanol–water partition coefficient (Wildman–Crippen LogP) is 1.43. The predicted molar refractivity (Wildman–Crippen MR) is 92.6 cm³/mol. The monoisotopic (exact) mass is 373 g/mol. The molecular weight excluding hydrogens is 349 g/mol. The van der Waals surface area contributed by atoms with Crippen molar-refractivity contribution in [1.29, 1.82) is 0 Å². The Bertz CT molecular complexity index is 753. The van der Waals surface area contributed by atoms with Crippen LogP contribution in [0, 0.1) is 0 Å². The maximum atomic E-state index is 12.1. The summed E-state index contributed by atoms with van der Waals surface area (Å²) in [6.45, 7) is 4.52. The summed E-state index contributed by atoms with van der Waals surface area (Å²) < 4.78 is 29.2. The number of anilines is 1. The van der Waals surface area contributed by atoms with Crippen LogP contribution in [0.3, 0.4) is 0 Å². The van der Waals surface area contributed by atoms with Gasteiger partial charge in [-0.15, -0.1) is 0 Å². The molecule has 0 spiro atoms. The summed E-state index contributed by atoms with van der Waals surface area (Å²) in [5.41, 5.74) is 6.72. The highest BCUT2D eigenvalue weighted by Gasteiger charge is 2.23. The molecule has 11 heteroatoms. The summed E-state index contributed by atoms with van der Waals surface area (Å²) in [5, 5.41) is 0. The lowest BCUT2D eigenvalue weighted by Crippen LogP contribution is -2.11. The van der Waals surface area contributed by atoms with E-state index in [2.05, 4.69) is 15.0 Å². The molecule has 0 amide bonds. The summed E-state index contributed by atoms with van der Waals surface area (Å²) in [7, 11) is -2.14. The Labute approximate surface area is 145 Å². The van der Waals surface area contributed by atoms with Crippen molar-refractivity contribution < 1.29 is 23.5 Å². The van der Waals surface area contributed by atoms with Crippen molar-refractivity contribution in [3.8, 4) is 6.01 Å². The van der Waals surface area contributed by atoms with E-state index >= 15 is 0 Å². The molecule has 25 heavy (non-hydrogen) atoms. The second kappa shape index (κ2) is 8.57. The van der Waals surface area contributed by atoms with E-state index in [-0.39, 0.29) is 37.2 Å². The summed E-state index contributed by atoms with van der Waals surface area (Å²) in [4.78, 5) is 22.4. The van der Waals surface area contributed by atoms with E-state index in [4.69, 9.17) is 19.7 Å². The Morgan fingerprint density at radius 1 is 1.40 bits per heavy atom. The first kappa shape index (κ1) is 19.6. The number of nitrogens with two attached hydrogens (primary N) is 1. The fraction of sp³-hybridized carbons (Fsp3) is 0.643. The minimum Gasteiger partial charge on any atom is -0.461 e. The minimum absolute atomic E-state index is 0.0629. The van der Waals surface area contributed by atoms with Crippen LogP contribution in [0.2, 0.25) is 0 Å². The zero-order valence-corrected chi connectivity index (χ0v) is 15.5. The molecule has 0 aliphatic heterocycles. The maximum absolute atomic E-state index is 12.1. The third-order valence-electron chi connectivity index (χ3n) is 3.53. The second-order valence-electron chi connectivity index (χ2n) is 5.53. The molecule has 2 atom stereocenters. The molecule has 140 valence electrons. The smallest absolute Gasteiger partial charge is 0.330 e. The molecule has 3 N–H and O–H groups in total. The number of aryl methyl sites for hydroxylation is 1. The van der Waals surface area contributed by atoms with E-state index in [9.17, 15) is 9.46 Å². The quantitative estimate of drug-likeness (QED) is 0.468. The minimum atomic E-state index is -3.70. The first-order valence-corrected chi connectivity index (χ1v) is 9.73. The van der Waals surface area contributed by atoms with Gasteiger partial charge in [0.2, 0.25) is 0 Å². The molecule has 0 aliphatic carbocycles. The van der Waals surface area contributed by atoms with Crippen LogP contribution in [0.5, 0.6) is 6.01 Å². The first-order chi connectivity index (χ1) is 11.9. The molecule has 0 saturated heterocycles. The van der Waals surface area contributed by atoms with E-state index in [0.717, 1.165) is 0 Å². The van der Waals surface area contributed by atoms with Gasteiger partial charge in [-0.1, -0.05) is 6.92 Å². The third kappa shape index (κ3) is 5.37. The molecule has 0 saturated carbocycles. The lowest BCUT2D eigenvalue weighted by molar-refractivity contribution is 0.141. The number of nitrogens with zero attached hydrogens (tertiary/aromatic N) is 4. The van der Waals surface area contributed by atoms with E-state index in [0.29, 0.717) is 24.2 Å². The van der Waals surface area contributed by atoms with Crippen molar-refractivity contribution in [3.05, 3.63) is 6.33 Å². The highest BCUT2D eigenvalue weighted by Crippen LogP contribution is 2.43. The lowest BCUT2D eigenvalue weighted by Gasteiger charge is -2.16. The number of fused-ring (bicyclic) bond motifs is 1. The van der Waals surface area contributed by atoms with Gasteiger partial charge in [-0.25, -0.2) is 4.98 Å². The van der Waals surface area contributed by atoms with Gasteiger partial charge in [0, 0.05) is 13.7 Å². The summed E-state index contributed by atoms with van der Waals surface area (Å²) >= 11 is 0. The molecular formula is C14H24N5O5P. The molecule has 2 aromatic heterocycles. The normalized spacial score (nSPS) is 15.2. The van der Waals surface area contributed by atoms with Gasteiger partial charge in [0.25, 0.3) is 0 Å². The molecule has 0 fully saturated rings. The maximum Gasteiger partial charge on any atom is 0.330 e. The van der Waals surface area contributed by atoms with Gasteiger partial charge in [-0.2, -0.15) is 9.97 Å². The van der Waals surface area contributed by atoms with E-state index in [1.807, 2.05) is 6.92 Å². The van der Waals surface area contributed by atoms with Gasteiger partial charge in [0.05, 0.1) is 25.2 Å². The van der Waals surface area contributed by atoms with Gasteiger partial charge < -0.3 is 29.2 Å². The van der Waals surface area contributed by atoms with Crippen LogP contribution in [-0.4, -0.2) is 57.0 Å². The molecule has 2 aromatic rings. The zero-order chi connectivity index (χ0) is 18.4. The van der Waals surface area contributed by atoms with Crippen molar-refractivity contribution in [3.63, 3.8) is 0 Å². The van der Waals surface area contributed by atoms with Crippen molar-refractivity contribution in [2.24, 2.45) is 0 Å². The van der Waals surface area contributed by atoms with Crippen LogP contribution >= 0.6 is 7.60 Å². The van der Waals surface area contributed by atoms with Crippen LogP contribution in [0.25, 0.3) is 11.2 Å². The number of hydrogen-bond acceptors (Lipinski definition) is 8. The van der Waals surface area contributed by atoms with Crippen LogP contribution in [0.1, 0.15) is 20.3 Å². The third-order valence-corrected chi connectivity index (χ3v) is 4.99. The Balaban J connectivity index is 2.14. The molecule has 2 rings (SSSR count). The Morgan fingerprint density at radius 3 is 2.84 bits per heavy atom. The standard InChI is InChI=1S/C14H24N5O5P/c1-4-10(2)24-25(20,21)8-5-19-9-16-11-12(15)17-14(18-13(11)19)23-7-6-22-3/h9-10H,4-8H2,1-3H3,(H,20,21)(H2,15,17,18). The fourth-order valence-electron chi connectivity index (χ4n) is 2.03. The van der Waals surface area contributed by atoms with Crippen LogP contribution in [0.4, 0.5) is 5.82 Å². The number of hydrogen-bond donors (Lipinski definition) is 2. The SMILES string of the molecule is CCC(C)OP(=O)(O)CCn1cnc2c(N)nc(OCCOC)nc21. The second-order valence-corrected chi connectivity index (χ2v) is 7.46. The summed E-state index contributed by atoms with van der Waals surface area (Å²) in [6.07, 6.45) is 1.81. The highest BCUT2D eigenvalue weighted by molar-refractivity contribution is 7.52. The molecule has 0 bridgehead atoms. The van der Waals surface area contributed by atoms with Gasteiger partial charge >= 0.3 is 13.6 Å². The van der Waals surface area contributed by atoms with Gasteiger partial charge in [0.15, 0.2) is 17.0 Å². The zero-order valence-electron chi connectivity index (χ0n) is 14.6.